The van der Waals surface area contributed by atoms with Crippen molar-refractivity contribution in [2.75, 3.05) is 9.80 Å². The molecule has 5 nitrogen and oxygen atoms in total. The van der Waals surface area contributed by atoms with Gasteiger partial charge >= 0.3 is 0 Å². The van der Waals surface area contributed by atoms with E-state index in [1.165, 1.54) is 27.8 Å². The van der Waals surface area contributed by atoms with Crippen LogP contribution >= 0.6 is 0 Å². The second-order valence-electron chi connectivity index (χ2n) is 19.2. The summed E-state index contributed by atoms with van der Waals surface area (Å²) in [6, 6.07) is 67.6. The smallest absolute Gasteiger partial charge is 0.135 e. The van der Waals surface area contributed by atoms with E-state index in [2.05, 4.69) is 258 Å². The van der Waals surface area contributed by atoms with Crippen molar-refractivity contribution in [3.05, 3.63) is 235 Å². The Labute approximate surface area is 404 Å². The fourth-order valence-corrected chi connectivity index (χ4v) is 8.99. The number of pyridine rings is 1. The summed E-state index contributed by atoms with van der Waals surface area (Å²) in [4.78, 5) is 9.30. The number of fused-ring (bicyclic) bond motifs is 3. The zero-order valence-corrected chi connectivity index (χ0v) is 40.8. The van der Waals surface area contributed by atoms with Crippen LogP contribution in [0.25, 0.3) is 38.8 Å². The van der Waals surface area contributed by atoms with E-state index in [9.17, 15) is 0 Å². The van der Waals surface area contributed by atoms with Gasteiger partial charge in [0.1, 0.15) is 5.82 Å². The van der Waals surface area contributed by atoms with Crippen LogP contribution in [-0.2, 0) is 37.3 Å². The summed E-state index contributed by atoms with van der Waals surface area (Å²) in [5.74, 6) is 2.01. The Morgan fingerprint density at radius 2 is 1.15 bits per heavy atom. The van der Waals surface area contributed by atoms with Gasteiger partial charge in [0.05, 0.1) is 0 Å². The van der Waals surface area contributed by atoms with Crippen molar-refractivity contribution in [2.45, 2.75) is 64.7 Å². The summed E-state index contributed by atoms with van der Waals surface area (Å²) in [6.07, 6.45) is 6.10. The third kappa shape index (κ3) is 8.49. The maximum atomic E-state index is 6.92. The zero-order valence-electron chi connectivity index (χ0n) is 38.5. The first kappa shape index (κ1) is 44.5. The number of nitrogens with zero attached hydrogens (tertiary/aromatic N) is 4. The van der Waals surface area contributed by atoms with Crippen LogP contribution in [0.15, 0.2) is 188 Å². The van der Waals surface area contributed by atoms with E-state index in [4.69, 9.17) is 9.72 Å². The molecule has 332 valence electrons. The van der Waals surface area contributed by atoms with Crippen molar-refractivity contribution < 1.29 is 25.8 Å². The molecule has 0 bridgehead atoms. The summed E-state index contributed by atoms with van der Waals surface area (Å²) < 4.78 is 9.15. The largest absolute Gasteiger partial charge is 0.509 e. The molecule has 9 aromatic rings. The zero-order chi connectivity index (χ0) is 44.9. The molecule has 1 aliphatic heterocycles. The van der Waals surface area contributed by atoms with E-state index >= 15 is 0 Å². The van der Waals surface area contributed by atoms with E-state index in [0.717, 1.165) is 50.1 Å². The summed E-state index contributed by atoms with van der Waals surface area (Å²) in [7, 11) is 0. The Kier molecular flexibility index (Phi) is 11.9. The van der Waals surface area contributed by atoms with E-state index in [-0.39, 0.29) is 37.3 Å². The SMILES string of the molecule is CC(C)(C)c1cccc(N2C=CN(c3[c-]c(Oc4[c-]c5c(cc4)c4cc(-c6ccccc6)ccc4n5-c4cc(C(C)(C)c5ccccc5)ccn4)cc(C(C)(C)c4ccccc4)c3)[CH-]2)c1.[Pt]. The Hall–Kier alpha value is -6.68. The first-order chi connectivity index (χ1) is 31.3. The van der Waals surface area contributed by atoms with E-state index in [1.807, 2.05) is 12.3 Å². The van der Waals surface area contributed by atoms with Crippen molar-refractivity contribution in [1.82, 2.24) is 9.55 Å². The minimum absolute atomic E-state index is 0. The van der Waals surface area contributed by atoms with Crippen LogP contribution in [0.5, 0.6) is 11.5 Å². The molecule has 66 heavy (non-hydrogen) atoms. The van der Waals surface area contributed by atoms with E-state index < -0.39 is 0 Å². The predicted octanol–water partition coefficient (Wildman–Crippen LogP) is 15.1. The third-order valence-corrected chi connectivity index (χ3v) is 13.1. The number of benzene rings is 7. The van der Waals surface area contributed by atoms with Gasteiger partial charge in [0.25, 0.3) is 0 Å². The molecule has 6 heteroatoms. The second kappa shape index (κ2) is 17.6. The van der Waals surface area contributed by atoms with E-state index in [0.29, 0.717) is 11.5 Å². The van der Waals surface area contributed by atoms with Gasteiger partial charge in [-0.05, 0) is 92.3 Å². The van der Waals surface area contributed by atoms with Gasteiger partial charge in [-0.3, -0.25) is 0 Å². The molecule has 0 atom stereocenters. The maximum absolute atomic E-state index is 6.92. The summed E-state index contributed by atoms with van der Waals surface area (Å²) in [5.41, 5.74) is 11.7. The molecule has 7 aromatic carbocycles. The molecular weight excluding hydrogens is 988 g/mol. The summed E-state index contributed by atoms with van der Waals surface area (Å²) >= 11 is 0. The number of ether oxygens (including phenoxy) is 1. The van der Waals surface area contributed by atoms with Crippen LogP contribution in [0.1, 0.15) is 76.3 Å². The van der Waals surface area contributed by atoms with E-state index in [1.54, 1.807) is 0 Å². The molecule has 0 radical (unpaired) electrons. The first-order valence-corrected chi connectivity index (χ1v) is 22.4. The number of anilines is 2. The van der Waals surface area contributed by atoms with Gasteiger partial charge in [-0.25, -0.2) is 4.98 Å². The molecule has 0 saturated carbocycles. The molecule has 0 saturated heterocycles. The van der Waals surface area contributed by atoms with Gasteiger partial charge in [-0.15, -0.1) is 53.6 Å². The summed E-state index contributed by atoms with van der Waals surface area (Å²) in [6.45, 7) is 17.9. The Bertz CT molecular complexity index is 3200. The van der Waals surface area contributed by atoms with Gasteiger partial charge < -0.3 is 19.1 Å². The maximum Gasteiger partial charge on any atom is 0.135 e. The quantitative estimate of drug-likeness (QED) is 0.128. The van der Waals surface area contributed by atoms with Crippen LogP contribution in [-0.4, -0.2) is 9.55 Å². The van der Waals surface area contributed by atoms with Crippen LogP contribution < -0.4 is 14.5 Å². The molecule has 0 aliphatic carbocycles. The molecule has 0 unspecified atom stereocenters. The number of aromatic nitrogens is 2. The standard InChI is InChI=1S/C60H53N4O.Pt/c1-58(2,3)46-24-17-25-49(35-46)62-32-33-63(41-62)50-36-48(60(6,7)45-22-15-10-16-23-45)37-52(39-50)65-51-27-28-53-54-34-43(42-18-11-8-12-19-42)26-29-55(54)64(56(53)40-51)57-38-47(30-31-61-57)59(4,5)44-20-13-9-14-21-44;/h8-38,41H,1-7H3;/q-3;. The van der Waals surface area contributed by atoms with Crippen molar-refractivity contribution in [2.24, 2.45) is 0 Å². The molecule has 10 rings (SSSR count). The van der Waals surface area contributed by atoms with Crippen molar-refractivity contribution >= 4 is 33.2 Å². The minimum Gasteiger partial charge on any atom is -0.509 e. The van der Waals surface area contributed by atoms with Gasteiger partial charge in [0, 0.05) is 55.4 Å². The Balaban J connectivity index is 0.00000548. The first-order valence-electron chi connectivity index (χ1n) is 22.4. The van der Waals surface area contributed by atoms with Gasteiger partial charge in [-0.1, -0.05) is 169 Å². The van der Waals surface area contributed by atoms with Crippen molar-refractivity contribution in [3.63, 3.8) is 0 Å². The molecular formula is C60H53N4OPt-3. The molecule has 2 aromatic heterocycles. The van der Waals surface area contributed by atoms with Gasteiger partial charge in [-0.2, -0.15) is 6.07 Å². The fraction of sp³-hybridized carbons (Fsp3) is 0.167. The number of rotatable bonds is 10. The molecule has 0 spiro atoms. The minimum atomic E-state index is -0.339. The molecule has 0 amide bonds. The molecule has 0 fully saturated rings. The molecule has 1 aliphatic rings. The van der Waals surface area contributed by atoms with Crippen LogP contribution in [0.2, 0.25) is 0 Å². The molecule has 0 N–H and O–H groups in total. The van der Waals surface area contributed by atoms with Gasteiger partial charge in [0.15, 0.2) is 0 Å². The Morgan fingerprint density at radius 3 is 1.85 bits per heavy atom. The van der Waals surface area contributed by atoms with Crippen LogP contribution in [0.4, 0.5) is 11.4 Å². The number of hydrogen-bond acceptors (Lipinski definition) is 4. The van der Waals surface area contributed by atoms with Crippen molar-refractivity contribution in [1.29, 1.82) is 0 Å². The van der Waals surface area contributed by atoms with Crippen LogP contribution in [0.3, 0.4) is 0 Å². The fourth-order valence-electron chi connectivity index (χ4n) is 8.99. The van der Waals surface area contributed by atoms with Gasteiger partial charge in [0.2, 0.25) is 0 Å². The Morgan fingerprint density at radius 1 is 0.500 bits per heavy atom. The monoisotopic (exact) mass is 1040 g/mol. The topological polar surface area (TPSA) is 33.5 Å². The predicted molar refractivity (Wildman–Crippen MR) is 269 cm³/mol. The average Bonchev–Trinajstić information content (AvgIpc) is 3.96. The molecule has 3 heterocycles. The normalized spacial score (nSPS) is 13.1. The number of hydrogen-bond donors (Lipinski definition) is 0. The summed E-state index contributed by atoms with van der Waals surface area (Å²) in [5, 5.41) is 2.18. The third-order valence-electron chi connectivity index (χ3n) is 13.1. The van der Waals surface area contributed by atoms with Crippen molar-refractivity contribution in [3.8, 4) is 28.4 Å². The second-order valence-corrected chi connectivity index (χ2v) is 19.2. The average molecular weight is 1040 g/mol. The van der Waals surface area contributed by atoms with Crippen LogP contribution in [0, 0.1) is 18.8 Å².